The monoisotopic (exact) mass is 275 g/mol. The molecule has 5 heteroatoms. The Hall–Kier alpha value is -1.59. The van der Waals surface area contributed by atoms with E-state index >= 15 is 0 Å². The van der Waals surface area contributed by atoms with Gasteiger partial charge in [0.15, 0.2) is 5.58 Å². The summed E-state index contributed by atoms with van der Waals surface area (Å²) in [5, 5.41) is 3.38. The number of piperazine rings is 1. The first-order valence-electron chi connectivity index (χ1n) is 7.06. The fraction of sp³-hybridized carbons (Fsp3) is 0.533. The summed E-state index contributed by atoms with van der Waals surface area (Å²) < 4.78 is 6.76. The van der Waals surface area contributed by atoms with Crippen molar-refractivity contribution >= 4 is 11.1 Å². The van der Waals surface area contributed by atoms with Crippen LogP contribution in [0, 0.1) is 0 Å². The molecular formula is C15H21N3O2. The van der Waals surface area contributed by atoms with Gasteiger partial charge in [0.05, 0.1) is 5.52 Å². The van der Waals surface area contributed by atoms with Gasteiger partial charge in [0.25, 0.3) is 0 Å². The van der Waals surface area contributed by atoms with Gasteiger partial charge in [-0.25, -0.2) is 4.79 Å². The Morgan fingerprint density at radius 1 is 1.25 bits per heavy atom. The van der Waals surface area contributed by atoms with Gasteiger partial charge in [0.1, 0.15) is 0 Å². The highest BCUT2D eigenvalue weighted by molar-refractivity contribution is 5.74. The first-order valence-corrected chi connectivity index (χ1v) is 7.06. The van der Waals surface area contributed by atoms with Crippen LogP contribution in [0.15, 0.2) is 27.4 Å². The molecule has 0 saturated carbocycles. The molecule has 1 aliphatic rings. The van der Waals surface area contributed by atoms with Crippen molar-refractivity contribution in [2.24, 2.45) is 7.05 Å². The van der Waals surface area contributed by atoms with Gasteiger partial charge in [-0.3, -0.25) is 9.47 Å². The maximum atomic E-state index is 11.6. The van der Waals surface area contributed by atoms with Crippen molar-refractivity contribution in [3.05, 3.63) is 34.3 Å². The molecule has 0 amide bonds. The number of hydrogen-bond acceptors (Lipinski definition) is 4. The van der Waals surface area contributed by atoms with Crippen molar-refractivity contribution < 1.29 is 4.42 Å². The Labute approximate surface area is 118 Å². The van der Waals surface area contributed by atoms with Crippen LogP contribution in [-0.2, 0) is 12.6 Å². The van der Waals surface area contributed by atoms with Crippen molar-refractivity contribution in [1.29, 1.82) is 0 Å². The molecule has 1 saturated heterocycles. The third-order valence-electron chi connectivity index (χ3n) is 4.41. The molecule has 2 aromatic rings. The second-order valence-electron chi connectivity index (χ2n) is 5.91. The molecule has 0 bridgehead atoms. The number of hydrogen-bond donors (Lipinski definition) is 1. The number of rotatable bonds is 2. The van der Waals surface area contributed by atoms with E-state index in [1.165, 1.54) is 5.56 Å². The summed E-state index contributed by atoms with van der Waals surface area (Å²) in [6.07, 6.45) is 0. The quantitative estimate of drug-likeness (QED) is 0.897. The van der Waals surface area contributed by atoms with Crippen LogP contribution >= 0.6 is 0 Å². The zero-order valence-electron chi connectivity index (χ0n) is 12.3. The summed E-state index contributed by atoms with van der Waals surface area (Å²) in [7, 11) is 1.75. The molecule has 0 aliphatic carbocycles. The van der Waals surface area contributed by atoms with E-state index in [0.29, 0.717) is 5.58 Å². The van der Waals surface area contributed by atoms with Crippen molar-refractivity contribution in [2.45, 2.75) is 19.4 Å². The lowest BCUT2D eigenvalue weighted by atomic mass is 9.91. The highest BCUT2D eigenvalue weighted by Gasteiger charge is 2.30. The average molecular weight is 275 g/mol. The minimum atomic E-state index is -0.308. The zero-order chi connectivity index (χ0) is 14.3. The number of nitrogens with one attached hydrogen (secondary N) is 1. The summed E-state index contributed by atoms with van der Waals surface area (Å²) in [6.45, 7) is 8.59. The molecule has 20 heavy (non-hydrogen) atoms. The first kappa shape index (κ1) is 13.4. The third kappa shape index (κ3) is 2.07. The van der Waals surface area contributed by atoms with Crippen LogP contribution in [0.1, 0.15) is 19.4 Å². The van der Waals surface area contributed by atoms with Crippen LogP contribution in [0.25, 0.3) is 11.1 Å². The molecular weight excluding hydrogens is 254 g/mol. The summed E-state index contributed by atoms with van der Waals surface area (Å²) in [6, 6.07) is 6.03. The number of nitrogens with zero attached hydrogens (tertiary/aromatic N) is 2. The number of aryl methyl sites for hydroxylation is 1. The fourth-order valence-electron chi connectivity index (χ4n) is 2.91. The molecule has 1 aromatic carbocycles. The Bertz CT molecular complexity index is 678. The second-order valence-corrected chi connectivity index (χ2v) is 5.91. The van der Waals surface area contributed by atoms with Crippen LogP contribution in [0.4, 0.5) is 0 Å². The lowest BCUT2D eigenvalue weighted by Crippen LogP contribution is -2.51. The Morgan fingerprint density at radius 3 is 2.65 bits per heavy atom. The summed E-state index contributed by atoms with van der Waals surface area (Å²) in [4.78, 5) is 14.1. The number of benzene rings is 1. The van der Waals surface area contributed by atoms with E-state index in [1.54, 1.807) is 11.6 Å². The maximum Gasteiger partial charge on any atom is 0.419 e. The molecule has 1 aromatic heterocycles. The molecule has 0 unspecified atom stereocenters. The number of aromatic nitrogens is 1. The Morgan fingerprint density at radius 2 is 1.95 bits per heavy atom. The molecule has 0 atom stereocenters. The maximum absolute atomic E-state index is 11.6. The lowest BCUT2D eigenvalue weighted by molar-refractivity contribution is 0.103. The third-order valence-corrected chi connectivity index (χ3v) is 4.41. The van der Waals surface area contributed by atoms with Gasteiger partial charge in [-0.1, -0.05) is 6.07 Å². The number of fused-ring (bicyclic) bond motifs is 1. The highest BCUT2D eigenvalue weighted by Crippen LogP contribution is 2.30. The van der Waals surface area contributed by atoms with E-state index in [-0.39, 0.29) is 11.3 Å². The van der Waals surface area contributed by atoms with Crippen molar-refractivity contribution in [3.63, 3.8) is 0 Å². The minimum Gasteiger partial charge on any atom is -0.408 e. The van der Waals surface area contributed by atoms with Crippen LogP contribution < -0.4 is 11.1 Å². The predicted molar refractivity (Wildman–Crippen MR) is 78.9 cm³/mol. The summed E-state index contributed by atoms with van der Waals surface area (Å²) >= 11 is 0. The van der Waals surface area contributed by atoms with E-state index in [2.05, 4.69) is 36.2 Å². The van der Waals surface area contributed by atoms with Crippen LogP contribution in [-0.4, -0.2) is 35.6 Å². The molecule has 5 nitrogen and oxygen atoms in total. The highest BCUT2D eigenvalue weighted by atomic mass is 16.4. The Balaban J connectivity index is 2.04. The minimum absolute atomic E-state index is 0.0520. The SMILES string of the molecule is Cn1c(=O)oc2ccc(C(C)(C)N3CCNCC3)cc21. The van der Waals surface area contributed by atoms with E-state index in [4.69, 9.17) is 4.42 Å². The summed E-state index contributed by atoms with van der Waals surface area (Å²) in [5.74, 6) is -0.308. The largest absolute Gasteiger partial charge is 0.419 e. The van der Waals surface area contributed by atoms with E-state index in [9.17, 15) is 4.79 Å². The fourth-order valence-corrected chi connectivity index (χ4v) is 2.91. The van der Waals surface area contributed by atoms with Gasteiger partial charge in [0.2, 0.25) is 0 Å². The molecule has 3 rings (SSSR count). The predicted octanol–water partition coefficient (Wildman–Crippen LogP) is 1.27. The van der Waals surface area contributed by atoms with Gasteiger partial charge < -0.3 is 9.73 Å². The normalized spacial score (nSPS) is 17.8. The van der Waals surface area contributed by atoms with Gasteiger partial charge in [-0.05, 0) is 31.5 Å². The molecule has 2 heterocycles. The van der Waals surface area contributed by atoms with E-state index in [0.717, 1.165) is 31.7 Å². The average Bonchev–Trinajstić information content (AvgIpc) is 2.75. The smallest absolute Gasteiger partial charge is 0.408 e. The van der Waals surface area contributed by atoms with Gasteiger partial charge in [-0.15, -0.1) is 0 Å². The molecule has 0 radical (unpaired) electrons. The molecule has 1 aliphatic heterocycles. The van der Waals surface area contributed by atoms with Crippen LogP contribution in [0.3, 0.4) is 0 Å². The first-order chi connectivity index (χ1) is 9.50. The van der Waals surface area contributed by atoms with Crippen LogP contribution in [0.5, 0.6) is 0 Å². The van der Waals surface area contributed by atoms with Crippen molar-refractivity contribution in [3.8, 4) is 0 Å². The zero-order valence-corrected chi connectivity index (χ0v) is 12.3. The molecule has 1 N–H and O–H groups in total. The standard InChI is InChI=1S/C15H21N3O2/c1-15(2,18-8-6-16-7-9-18)11-4-5-13-12(10-11)17(3)14(19)20-13/h4-5,10,16H,6-9H2,1-3H3. The molecule has 108 valence electrons. The lowest BCUT2D eigenvalue weighted by Gasteiger charge is -2.41. The topological polar surface area (TPSA) is 50.4 Å². The Kier molecular flexibility index (Phi) is 3.18. The number of oxazole rings is 1. The van der Waals surface area contributed by atoms with E-state index < -0.39 is 0 Å². The summed E-state index contributed by atoms with van der Waals surface area (Å²) in [5.41, 5.74) is 2.67. The van der Waals surface area contributed by atoms with Crippen molar-refractivity contribution in [1.82, 2.24) is 14.8 Å². The van der Waals surface area contributed by atoms with Gasteiger partial charge in [0, 0.05) is 38.8 Å². The molecule has 1 fully saturated rings. The van der Waals surface area contributed by atoms with E-state index in [1.807, 2.05) is 6.07 Å². The second kappa shape index (κ2) is 4.75. The van der Waals surface area contributed by atoms with Crippen molar-refractivity contribution in [2.75, 3.05) is 26.2 Å². The van der Waals surface area contributed by atoms with Crippen LogP contribution in [0.2, 0.25) is 0 Å². The van der Waals surface area contributed by atoms with Gasteiger partial charge in [-0.2, -0.15) is 0 Å². The molecule has 0 spiro atoms. The van der Waals surface area contributed by atoms with Gasteiger partial charge >= 0.3 is 5.76 Å².